The van der Waals surface area contributed by atoms with Gasteiger partial charge in [0.05, 0.1) is 5.56 Å². The van der Waals surface area contributed by atoms with E-state index in [-0.39, 0.29) is 12.1 Å². The molecular weight excluding hydrogens is 488 g/mol. The van der Waals surface area contributed by atoms with Crippen molar-refractivity contribution >= 4 is 17.6 Å². The van der Waals surface area contributed by atoms with Gasteiger partial charge < -0.3 is 4.74 Å². The van der Waals surface area contributed by atoms with Gasteiger partial charge in [0.2, 0.25) is 0 Å². The molecule has 0 saturated heterocycles. The lowest BCUT2D eigenvalue weighted by atomic mass is 9.60. The first kappa shape index (κ1) is 27.5. The number of allylic oxidation sites excluding steroid dienone is 2. The second-order valence-electron chi connectivity index (χ2n) is 13.1. The van der Waals surface area contributed by atoms with Crippen molar-refractivity contribution in [2.45, 2.75) is 98.5 Å². The van der Waals surface area contributed by atoms with Crippen LogP contribution in [0.1, 0.15) is 104 Å². The van der Waals surface area contributed by atoms with Gasteiger partial charge in [0.25, 0.3) is 0 Å². The van der Waals surface area contributed by atoms with Crippen LogP contribution in [0.15, 0.2) is 42.5 Å². The lowest BCUT2D eigenvalue weighted by Crippen LogP contribution is -2.36. The van der Waals surface area contributed by atoms with Crippen LogP contribution in [0.3, 0.4) is 0 Å². The highest BCUT2D eigenvalue weighted by Crippen LogP contribution is 2.61. The van der Waals surface area contributed by atoms with E-state index in [0.29, 0.717) is 39.7 Å². The molecule has 2 aromatic carbocycles. The molecule has 6 unspecified atom stereocenters. The topological polar surface area (TPSA) is 26.3 Å². The van der Waals surface area contributed by atoms with E-state index in [1.54, 1.807) is 35.4 Å². The summed E-state index contributed by atoms with van der Waals surface area (Å²) in [6.45, 7) is 14.4. The normalized spacial score (nSPS) is 28.1. The molecule has 3 aliphatic carbocycles. The van der Waals surface area contributed by atoms with Crippen molar-refractivity contribution in [3.8, 4) is 0 Å². The van der Waals surface area contributed by atoms with E-state index < -0.39 is 0 Å². The summed E-state index contributed by atoms with van der Waals surface area (Å²) in [6.07, 6.45) is 12.7. The largest absolute Gasteiger partial charge is 0.458 e. The molecule has 6 atom stereocenters. The van der Waals surface area contributed by atoms with Crippen molar-refractivity contribution in [2.75, 3.05) is 0 Å². The molecule has 204 valence electrons. The molecule has 0 radical (unpaired) electrons. The Morgan fingerprint density at radius 1 is 1.03 bits per heavy atom. The van der Waals surface area contributed by atoms with Crippen LogP contribution in [-0.2, 0) is 24.0 Å². The van der Waals surface area contributed by atoms with E-state index in [4.69, 9.17) is 16.3 Å². The Morgan fingerprint density at radius 2 is 1.76 bits per heavy atom. The molecule has 0 aromatic heterocycles. The number of ether oxygens (including phenoxy) is 1. The highest BCUT2D eigenvalue weighted by Gasteiger charge is 2.51. The number of hydrogen-bond donors (Lipinski definition) is 0. The third-order valence-electron chi connectivity index (χ3n) is 10.6. The lowest BCUT2D eigenvalue weighted by molar-refractivity contribution is 0.0270. The fraction of sp³-hybridized carbons (Fsp3) is 0.571. The van der Waals surface area contributed by atoms with Crippen molar-refractivity contribution in [2.24, 2.45) is 29.1 Å². The minimum atomic E-state index is -0.246. The number of benzene rings is 2. The third kappa shape index (κ3) is 5.10. The van der Waals surface area contributed by atoms with Gasteiger partial charge in [-0.15, -0.1) is 0 Å². The Balaban J connectivity index is 1.36. The van der Waals surface area contributed by atoms with Crippen LogP contribution < -0.4 is 0 Å². The first-order valence-corrected chi connectivity index (χ1v) is 15.2. The van der Waals surface area contributed by atoms with E-state index in [1.165, 1.54) is 42.4 Å². The summed E-state index contributed by atoms with van der Waals surface area (Å²) >= 11 is 6.00. The molecule has 2 aromatic rings. The maximum absolute atomic E-state index is 12.8. The number of halogens is 1. The Bertz CT molecular complexity index is 1210. The minimum absolute atomic E-state index is 0.0671. The second-order valence-corrected chi connectivity index (χ2v) is 13.5. The molecule has 1 fully saturated rings. The summed E-state index contributed by atoms with van der Waals surface area (Å²) in [5.74, 6) is 3.06. The molecule has 0 aliphatic heterocycles. The van der Waals surface area contributed by atoms with Gasteiger partial charge in [0.1, 0.15) is 6.10 Å². The SMILES string of the molecule is Cc1c2c(cc3c1CCC1(C)C3CCC1C(C)/C=C/C(C)C(C)C)CC(OC(=O)c1ccc(Cl)cc1)CC2. The standard InChI is InChI=1S/C35H45ClO2/c1-21(2)22(3)7-8-23(4)32-15-16-33-31-20-26-19-28(38-34(37)25-9-11-27(36)12-10-25)13-14-29(26)24(5)30(31)17-18-35(32,33)6/h7-12,20-23,28,32-33H,13-19H2,1-6H3/b8-7+. The molecule has 2 nitrogen and oxygen atoms in total. The van der Waals surface area contributed by atoms with Gasteiger partial charge in [-0.2, -0.15) is 0 Å². The highest BCUT2D eigenvalue weighted by molar-refractivity contribution is 6.30. The molecule has 0 heterocycles. The van der Waals surface area contributed by atoms with Gasteiger partial charge >= 0.3 is 5.97 Å². The first-order chi connectivity index (χ1) is 18.1. The number of rotatable bonds is 6. The van der Waals surface area contributed by atoms with E-state index >= 15 is 0 Å². The van der Waals surface area contributed by atoms with Crippen molar-refractivity contribution in [1.82, 2.24) is 0 Å². The summed E-state index contributed by atoms with van der Waals surface area (Å²) in [5, 5.41) is 0.630. The van der Waals surface area contributed by atoms with Crippen LogP contribution in [0.2, 0.25) is 5.02 Å². The van der Waals surface area contributed by atoms with Gasteiger partial charge in [0, 0.05) is 11.4 Å². The van der Waals surface area contributed by atoms with Crippen LogP contribution in [0.25, 0.3) is 0 Å². The number of esters is 1. The smallest absolute Gasteiger partial charge is 0.338 e. The molecule has 38 heavy (non-hydrogen) atoms. The van der Waals surface area contributed by atoms with E-state index in [2.05, 4.69) is 59.8 Å². The fourth-order valence-electron chi connectivity index (χ4n) is 7.83. The van der Waals surface area contributed by atoms with E-state index in [1.807, 2.05) is 0 Å². The zero-order valence-electron chi connectivity index (χ0n) is 24.1. The van der Waals surface area contributed by atoms with Crippen LogP contribution in [0.5, 0.6) is 0 Å². The Hall–Kier alpha value is -2.06. The Labute approximate surface area is 235 Å². The predicted molar refractivity (Wildman–Crippen MR) is 158 cm³/mol. The van der Waals surface area contributed by atoms with Crippen LogP contribution in [-0.4, -0.2) is 12.1 Å². The van der Waals surface area contributed by atoms with Gasteiger partial charge in [0.15, 0.2) is 0 Å². The number of hydrogen-bond acceptors (Lipinski definition) is 2. The zero-order valence-corrected chi connectivity index (χ0v) is 24.9. The van der Waals surface area contributed by atoms with E-state index in [0.717, 1.165) is 25.2 Å². The predicted octanol–water partition coefficient (Wildman–Crippen LogP) is 9.29. The average molecular weight is 533 g/mol. The molecule has 0 bridgehead atoms. The summed E-state index contributed by atoms with van der Waals surface area (Å²) in [7, 11) is 0. The maximum atomic E-state index is 12.8. The molecule has 0 amide bonds. The van der Waals surface area contributed by atoms with Gasteiger partial charge in [-0.1, -0.05) is 64.4 Å². The molecule has 0 N–H and O–H groups in total. The first-order valence-electron chi connectivity index (χ1n) is 14.9. The van der Waals surface area contributed by atoms with Crippen LogP contribution >= 0.6 is 11.6 Å². The Morgan fingerprint density at radius 3 is 2.47 bits per heavy atom. The quantitative estimate of drug-likeness (QED) is 0.273. The van der Waals surface area contributed by atoms with Crippen molar-refractivity contribution in [3.05, 3.63) is 80.9 Å². The lowest BCUT2D eigenvalue weighted by Gasteiger charge is -2.45. The summed E-state index contributed by atoms with van der Waals surface area (Å²) in [6, 6.07) is 9.53. The molecular formula is C35H45ClO2. The van der Waals surface area contributed by atoms with Crippen molar-refractivity contribution in [3.63, 3.8) is 0 Å². The Kier molecular flexibility index (Phi) is 7.84. The third-order valence-corrected chi connectivity index (χ3v) is 10.8. The second kappa shape index (κ2) is 10.8. The molecule has 1 saturated carbocycles. The fourth-order valence-corrected chi connectivity index (χ4v) is 7.96. The molecule has 3 aliphatic rings. The minimum Gasteiger partial charge on any atom is -0.458 e. The summed E-state index contributed by atoms with van der Waals surface area (Å²) < 4.78 is 5.99. The summed E-state index contributed by atoms with van der Waals surface area (Å²) in [4.78, 5) is 12.8. The number of fused-ring (bicyclic) bond motifs is 4. The highest BCUT2D eigenvalue weighted by atomic mass is 35.5. The van der Waals surface area contributed by atoms with Crippen LogP contribution in [0.4, 0.5) is 0 Å². The molecule has 0 spiro atoms. The monoisotopic (exact) mass is 532 g/mol. The van der Waals surface area contributed by atoms with Crippen LogP contribution in [0, 0.1) is 36.0 Å². The maximum Gasteiger partial charge on any atom is 0.338 e. The number of carbonyl (C=O) groups excluding carboxylic acids is 1. The number of carbonyl (C=O) groups is 1. The van der Waals surface area contributed by atoms with Gasteiger partial charge in [-0.05, 0) is 133 Å². The van der Waals surface area contributed by atoms with Crippen molar-refractivity contribution < 1.29 is 9.53 Å². The molecule has 5 rings (SSSR count). The average Bonchev–Trinajstić information content (AvgIpc) is 3.25. The zero-order chi connectivity index (χ0) is 27.2. The van der Waals surface area contributed by atoms with Gasteiger partial charge in [-0.25, -0.2) is 4.79 Å². The summed E-state index contributed by atoms with van der Waals surface area (Å²) in [5.41, 5.74) is 8.60. The van der Waals surface area contributed by atoms with Crippen molar-refractivity contribution in [1.29, 1.82) is 0 Å². The molecule has 3 heteroatoms. The van der Waals surface area contributed by atoms with E-state index in [9.17, 15) is 4.79 Å². The van der Waals surface area contributed by atoms with Gasteiger partial charge in [-0.3, -0.25) is 0 Å².